The molecule has 12 rings (SSSR count). The number of benzene rings is 4. The Bertz CT molecular complexity index is 3630. The number of fused-ring (bicyclic) bond motifs is 6. The molecule has 0 spiro atoms. The van der Waals surface area contributed by atoms with Crippen LogP contribution >= 0.6 is 22.7 Å². The highest BCUT2D eigenvalue weighted by molar-refractivity contribution is 7.22. The number of aromatic nitrogens is 2. The van der Waals surface area contributed by atoms with Gasteiger partial charge in [0.25, 0.3) is 0 Å². The molecular weight excluding hydrogens is 873 g/mol. The standard InChI is InChI=1S/C28H27N3O2S.C27H25N3O2S/c1-15-6-7-19-20(12-15)34-25(30-19)21-17(14-29)16-13-18-23-22(24(16)33-26(21)32)28(4,5)9-11-31(23)10-8-27(18,2)3;1-26(2)9-11-30-12-10-27(3,4)21-22(30)17(26)13-15-16(14-28)20(25(31)32-23(15)21)24-29-18-7-5-6-8-19(18)33-24/h6-7,12-13H,8-11H2,1-5H3;5-8,13H,9-12H2,1-4H3. The first-order valence-corrected chi connectivity index (χ1v) is 24.9. The molecule has 0 saturated carbocycles. The molecule has 4 aromatic carbocycles. The second-order valence-electron chi connectivity index (χ2n) is 21.5. The third kappa shape index (κ3) is 6.58. The van der Waals surface area contributed by atoms with Crippen LogP contribution in [0.1, 0.15) is 120 Å². The topological polar surface area (TPSA) is 140 Å². The number of nitriles is 2. The van der Waals surface area contributed by atoms with Gasteiger partial charge in [-0.3, -0.25) is 0 Å². The van der Waals surface area contributed by atoms with E-state index in [0.717, 1.165) is 99.8 Å². The Hall–Kier alpha value is -6.34. The average molecular weight is 925 g/mol. The van der Waals surface area contributed by atoms with E-state index in [1.165, 1.54) is 45.2 Å². The van der Waals surface area contributed by atoms with E-state index in [0.29, 0.717) is 32.3 Å². The van der Waals surface area contributed by atoms with Crippen LogP contribution in [0.15, 0.2) is 73.0 Å². The van der Waals surface area contributed by atoms with Crippen LogP contribution in [0, 0.1) is 29.6 Å². The second-order valence-corrected chi connectivity index (χ2v) is 23.6. The molecule has 0 atom stereocenters. The van der Waals surface area contributed by atoms with Crippen LogP contribution in [-0.2, 0) is 21.7 Å². The normalized spacial score (nSPS) is 18.3. The molecule has 0 unspecified atom stereocenters. The van der Waals surface area contributed by atoms with Gasteiger partial charge in [0.1, 0.15) is 44.4 Å². The molecule has 12 heteroatoms. The molecule has 0 saturated heterocycles. The van der Waals surface area contributed by atoms with Crippen molar-refractivity contribution in [2.45, 2.75) is 110 Å². The minimum Gasteiger partial charge on any atom is -0.422 e. The summed E-state index contributed by atoms with van der Waals surface area (Å²) in [6.45, 7) is 24.0. The minimum absolute atomic E-state index is 0.0267. The number of aryl methyl sites for hydroxylation is 1. The van der Waals surface area contributed by atoms with Crippen molar-refractivity contribution in [2.75, 3.05) is 36.0 Å². The van der Waals surface area contributed by atoms with Crippen molar-refractivity contribution in [3.8, 4) is 33.3 Å². The predicted molar refractivity (Wildman–Crippen MR) is 271 cm³/mol. The molecule has 0 radical (unpaired) electrons. The van der Waals surface area contributed by atoms with E-state index in [1.54, 1.807) is 0 Å². The number of nitrogens with zero attached hydrogens (tertiary/aromatic N) is 6. The van der Waals surface area contributed by atoms with Gasteiger partial charge in [-0.25, -0.2) is 19.6 Å². The molecule has 0 fully saturated rings. The molecule has 67 heavy (non-hydrogen) atoms. The van der Waals surface area contributed by atoms with Crippen molar-refractivity contribution in [1.82, 2.24) is 9.97 Å². The fourth-order valence-corrected chi connectivity index (χ4v) is 13.3. The first kappa shape index (κ1) is 43.2. The van der Waals surface area contributed by atoms with Crippen LogP contribution in [0.4, 0.5) is 11.4 Å². The van der Waals surface area contributed by atoms with E-state index >= 15 is 0 Å². The van der Waals surface area contributed by atoms with E-state index in [1.807, 2.05) is 43.3 Å². The van der Waals surface area contributed by atoms with Crippen molar-refractivity contribution in [1.29, 1.82) is 10.5 Å². The molecule has 0 amide bonds. The monoisotopic (exact) mass is 924 g/mol. The maximum absolute atomic E-state index is 13.5. The predicted octanol–water partition coefficient (Wildman–Crippen LogP) is 12.5. The fraction of sp³-hybridized carbons (Fsp3) is 0.382. The van der Waals surface area contributed by atoms with Gasteiger partial charge in [-0.2, -0.15) is 10.5 Å². The summed E-state index contributed by atoms with van der Waals surface area (Å²) < 4.78 is 14.2. The summed E-state index contributed by atoms with van der Waals surface area (Å²) in [4.78, 5) is 41.1. The van der Waals surface area contributed by atoms with Crippen LogP contribution in [0.5, 0.6) is 0 Å². The third-order valence-electron chi connectivity index (χ3n) is 15.3. The number of hydrogen-bond acceptors (Lipinski definition) is 12. The van der Waals surface area contributed by atoms with E-state index < -0.39 is 11.3 Å². The highest BCUT2D eigenvalue weighted by Gasteiger charge is 2.44. The fourth-order valence-electron chi connectivity index (χ4n) is 11.2. The molecule has 0 aliphatic carbocycles. The summed E-state index contributed by atoms with van der Waals surface area (Å²) in [6, 6.07) is 22.7. The summed E-state index contributed by atoms with van der Waals surface area (Å²) in [5, 5.41) is 23.2. The van der Waals surface area contributed by atoms with Gasteiger partial charge in [0.2, 0.25) is 0 Å². The van der Waals surface area contributed by atoms with Crippen LogP contribution in [0.3, 0.4) is 0 Å². The number of para-hydroxylation sites is 1. The maximum Gasteiger partial charge on any atom is 0.348 e. The Morgan fingerprint density at radius 3 is 1.48 bits per heavy atom. The molecule has 0 N–H and O–H groups in total. The molecule has 338 valence electrons. The van der Waals surface area contributed by atoms with E-state index in [2.05, 4.69) is 101 Å². The molecule has 4 aliphatic heterocycles. The second kappa shape index (κ2) is 14.8. The molecule has 4 aromatic heterocycles. The zero-order chi connectivity index (χ0) is 47.1. The number of anilines is 2. The smallest absolute Gasteiger partial charge is 0.348 e. The van der Waals surface area contributed by atoms with E-state index in [-0.39, 0.29) is 32.8 Å². The largest absolute Gasteiger partial charge is 0.422 e. The van der Waals surface area contributed by atoms with Gasteiger partial charge in [-0.05, 0) is 107 Å². The van der Waals surface area contributed by atoms with Gasteiger partial charge in [0, 0.05) is 59.5 Å². The zero-order valence-electron chi connectivity index (χ0n) is 39.5. The van der Waals surface area contributed by atoms with Crippen molar-refractivity contribution >= 4 is 76.4 Å². The summed E-state index contributed by atoms with van der Waals surface area (Å²) >= 11 is 2.86. The van der Waals surface area contributed by atoms with Gasteiger partial charge in [-0.1, -0.05) is 73.6 Å². The Morgan fingerprint density at radius 2 is 1.01 bits per heavy atom. The summed E-state index contributed by atoms with van der Waals surface area (Å²) in [5.41, 5.74) is 10.9. The molecule has 4 aliphatic rings. The molecule has 8 heterocycles. The van der Waals surface area contributed by atoms with Gasteiger partial charge < -0.3 is 18.6 Å². The highest BCUT2D eigenvalue weighted by Crippen LogP contribution is 2.54. The Balaban J connectivity index is 0.000000148. The van der Waals surface area contributed by atoms with Crippen LogP contribution in [0.2, 0.25) is 0 Å². The van der Waals surface area contributed by atoms with Crippen molar-refractivity contribution in [3.63, 3.8) is 0 Å². The molecule has 8 aromatic rings. The van der Waals surface area contributed by atoms with Gasteiger partial charge in [0.15, 0.2) is 0 Å². The van der Waals surface area contributed by atoms with Gasteiger partial charge >= 0.3 is 11.3 Å². The van der Waals surface area contributed by atoms with Gasteiger partial charge in [-0.15, -0.1) is 22.7 Å². The Morgan fingerprint density at radius 1 is 0.582 bits per heavy atom. The Kier molecular flexibility index (Phi) is 9.57. The third-order valence-corrected chi connectivity index (χ3v) is 17.4. The minimum atomic E-state index is -0.489. The van der Waals surface area contributed by atoms with Crippen LogP contribution < -0.4 is 21.1 Å². The van der Waals surface area contributed by atoms with Crippen LogP contribution in [0.25, 0.3) is 63.5 Å². The van der Waals surface area contributed by atoms with Crippen molar-refractivity contribution < 1.29 is 8.83 Å². The van der Waals surface area contributed by atoms with E-state index in [9.17, 15) is 20.1 Å². The van der Waals surface area contributed by atoms with Gasteiger partial charge in [0.05, 0.1) is 31.6 Å². The van der Waals surface area contributed by atoms with E-state index in [4.69, 9.17) is 13.8 Å². The quantitative estimate of drug-likeness (QED) is 0.154. The summed E-state index contributed by atoms with van der Waals surface area (Å²) in [5.74, 6) is 0. The molecule has 0 bridgehead atoms. The maximum atomic E-state index is 13.5. The summed E-state index contributed by atoms with van der Waals surface area (Å²) in [6.07, 6.45) is 4.05. The number of rotatable bonds is 2. The molecule has 10 nitrogen and oxygen atoms in total. The van der Waals surface area contributed by atoms with Crippen molar-refractivity contribution in [2.24, 2.45) is 0 Å². The summed E-state index contributed by atoms with van der Waals surface area (Å²) in [7, 11) is 0. The lowest BCUT2D eigenvalue weighted by molar-refractivity contribution is 0.398. The first-order chi connectivity index (χ1) is 31.8. The number of thiazole rings is 2. The lowest BCUT2D eigenvalue weighted by Crippen LogP contribution is -2.44. The zero-order valence-corrected chi connectivity index (χ0v) is 41.1. The number of hydrogen-bond donors (Lipinski definition) is 0. The van der Waals surface area contributed by atoms with Crippen molar-refractivity contribution in [3.05, 3.63) is 114 Å². The van der Waals surface area contributed by atoms with Crippen LogP contribution in [-0.4, -0.2) is 36.1 Å². The lowest BCUT2D eigenvalue weighted by atomic mass is 9.69. The SMILES string of the molecule is CC1(C)CCN2CCC(C)(C)c3c2c1cc1c(C#N)c(-c2nc4ccccc4s2)c(=O)oc31.Cc1ccc2nc(-c3c(C#N)c4cc5c6c(c4oc3=O)C(C)(C)CCN6CCC5(C)C)sc2c1. The molecular formula is C55H52N6O4S2. The lowest BCUT2D eigenvalue weighted by Gasteiger charge is -2.48. The average Bonchev–Trinajstić information content (AvgIpc) is 3.90. The first-order valence-electron chi connectivity index (χ1n) is 23.2. The Labute approximate surface area is 397 Å². The highest BCUT2D eigenvalue weighted by atomic mass is 32.1.